The van der Waals surface area contributed by atoms with E-state index in [2.05, 4.69) is 10.6 Å². The minimum atomic E-state index is -0.876. The number of aryl methyl sites for hydroxylation is 1. The maximum Gasteiger partial charge on any atom is 0.287 e. The van der Waals surface area contributed by atoms with Crippen molar-refractivity contribution in [1.82, 2.24) is 15.5 Å². The zero-order valence-corrected chi connectivity index (χ0v) is 14.0. The number of aliphatic hydroxyl groups is 1. The van der Waals surface area contributed by atoms with Crippen LogP contribution in [0.15, 0.2) is 16.5 Å². The molecule has 0 radical (unpaired) electrons. The van der Waals surface area contributed by atoms with Crippen LogP contribution in [0.1, 0.15) is 16.3 Å². The van der Waals surface area contributed by atoms with Gasteiger partial charge in [-0.05, 0) is 19.1 Å². The number of carbonyl (C=O) groups excluding carboxylic acids is 3. The van der Waals surface area contributed by atoms with E-state index in [9.17, 15) is 19.5 Å². The maximum absolute atomic E-state index is 12.4. The van der Waals surface area contributed by atoms with E-state index in [1.807, 2.05) is 0 Å². The van der Waals surface area contributed by atoms with Crippen LogP contribution in [0.4, 0.5) is 0 Å². The molecule has 0 saturated carbocycles. The van der Waals surface area contributed by atoms with Gasteiger partial charge in [-0.1, -0.05) is 0 Å². The number of carbonyl (C=O) groups is 3. The molecule has 130 valence electrons. The largest absolute Gasteiger partial charge is 0.456 e. The van der Waals surface area contributed by atoms with Gasteiger partial charge in [-0.2, -0.15) is 0 Å². The molecule has 3 amide bonds. The van der Waals surface area contributed by atoms with Gasteiger partial charge in [0.05, 0.1) is 17.9 Å². The predicted octanol–water partition coefficient (Wildman–Crippen LogP) is -0.877. The van der Waals surface area contributed by atoms with Gasteiger partial charge in [0.1, 0.15) is 11.8 Å². The van der Waals surface area contributed by atoms with Gasteiger partial charge in [-0.25, -0.2) is 0 Å². The zero-order valence-electron chi connectivity index (χ0n) is 13.2. The number of thioether (sulfide) groups is 1. The average Bonchev–Trinajstić information content (AvgIpc) is 2.96. The highest BCUT2D eigenvalue weighted by molar-refractivity contribution is 8.00. The molecule has 0 bridgehead atoms. The van der Waals surface area contributed by atoms with Crippen LogP contribution in [0.3, 0.4) is 0 Å². The Kier molecular flexibility index (Phi) is 4.55. The Balaban J connectivity index is 1.58. The molecule has 24 heavy (non-hydrogen) atoms. The zero-order chi connectivity index (χ0) is 17.3. The molecule has 1 aromatic heterocycles. The van der Waals surface area contributed by atoms with Gasteiger partial charge < -0.3 is 25.1 Å². The van der Waals surface area contributed by atoms with Crippen molar-refractivity contribution in [3.05, 3.63) is 23.7 Å². The van der Waals surface area contributed by atoms with Gasteiger partial charge in [0.25, 0.3) is 5.91 Å². The highest BCUT2D eigenvalue weighted by Crippen LogP contribution is 2.24. The molecule has 0 spiro atoms. The molecule has 3 rings (SSSR count). The van der Waals surface area contributed by atoms with Crippen LogP contribution < -0.4 is 10.6 Å². The normalized spacial score (nSPS) is 22.5. The molecule has 1 aromatic rings. The summed E-state index contributed by atoms with van der Waals surface area (Å²) in [6.45, 7) is 1.85. The van der Waals surface area contributed by atoms with Crippen LogP contribution in [0.25, 0.3) is 0 Å². The molecule has 2 aliphatic rings. The summed E-state index contributed by atoms with van der Waals surface area (Å²) < 4.78 is 5.26. The molecule has 3 N–H and O–H groups in total. The van der Waals surface area contributed by atoms with E-state index >= 15 is 0 Å². The first-order chi connectivity index (χ1) is 11.4. The molecular formula is C15H19N3O5S. The number of likely N-dealkylation sites (tertiary alicyclic amines) is 1. The summed E-state index contributed by atoms with van der Waals surface area (Å²) in [5.41, 5.74) is -0.876. The quantitative estimate of drug-likeness (QED) is 0.648. The molecule has 2 saturated heterocycles. The molecule has 0 unspecified atom stereocenters. The highest BCUT2D eigenvalue weighted by Gasteiger charge is 2.48. The van der Waals surface area contributed by atoms with Crippen LogP contribution in [-0.2, 0) is 9.59 Å². The highest BCUT2D eigenvalue weighted by atomic mass is 32.2. The molecule has 2 fully saturated rings. The van der Waals surface area contributed by atoms with E-state index in [1.165, 1.54) is 16.7 Å². The third-order valence-corrected chi connectivity index (χ3v) is 5.13. The maximum atomic E-state index is 12.4. The van der Waals surface area contributed by atoms with Gasteiger partial charge in [0.15, 0.2) is 5.76 Å². The third kappa shape index (κ3) is 3.27. The number of amides is 3. The monoisotopic (exact) mass is 353 g/mol. The SMILES string of the molecule is Cc1ccc(C(=O)NC2(CO)CN(C(=O)[C@@H]3CSCC(=O)N3)C2)o1. The first kappa shape index (κ1) is 16.8. The summed E-state index contributed by atoms with van der Waals surface area (Å²) in [6.07, 6.45) is 0. The Bertz CT molecular complexity index is 668. The van der Waals surface area contributed by atoms with Crippen LogP contribution in [0, 0.1) is 6.92 Å². The summed E-state index contributed by atoms with van der Waals surface area (Å²) in [4.78, 5) is 37.5. The molecule has 9 heteroatoms. The Labute approximate surface area is 142 Å². The number of nitrogens with one attached hydrogen (secondary N) is 2. The third-order valence-electron chi connectivity index (χ3n) is 4.10. The minimum absolute atomic E-state index is 0.153. The second kappa shape index (κ2) is 6.48. The second-order valence-electron chi connectivity index (χ2n) is 6.13. The predicted molar refractivity (Wildman–Crippen MR) is 86.6 cm³/mol. The van der Waals surface area contributed by atoms with E-state index in [-0.39, 0.29) is 37.3 Å². The van der Waals surface area contributed by atoms with E-state index in [4.69, 9.17) is 4.42 Å². The van der Waals surface area contributed by atoms with Gasteiger partial charge >= 0.3 is 0 Å². The summed E-state index contributed by atoms with van der Waals surface area (Å²) in [7, 11) is 0. The van der Waals surface area contributed by atoms with Crippen molar-refractivity contribution in [3.8, 4) is 0 Å². The van der Waals surface area contributed by atoms with Crippen LogP contribution >= 0.6 is 11.8 Å². The molecule has 8 nitrogen and oxygen atoms in total. The molecule has 0 aliphatic carbocycles. The average molecular weight is 353 g/mol. The lowest BCUT2D eigenvalue weighted by atomic mass is 9.89. The van der Waals surface area contributed by atoms with Crippen molar-refractivity contribution >= 4 is 29.5 Å². The van der Waals surface area contributed by atoms with Gasteiger partial charge in [-0.3, -0.25) is 14.4 Å². The summed E-state index contributed by atoms with van der Waals surface area (Å²) in [5, 5.41) is 15.0. The Morgan fingerprint density at radius 2 is 2.25 bits per heavy atom. The molecule has 1 atom stereocenters. The van der Waals surface area contributed by atoms with Crippen LogP contribution in [-0.4, -0.2) is 70.5 Å². The first-order valence-electron chi connectivity index (χ1n) is 7.58. The fourth-order valence-corrected chi connectivity index (χ4v) is 3.67. The van der Waals surface area contributed by atoms with E-state index < -0.39 is 17.5 Å². The Hall–Kier alpha value is -2.00. The number of aliphatic hydroxyl groups excluding tert-OH is 1. The van der Waals surface area contributed by atoms with E-state index in [0.717, 1.165) is 0 Å². The van der Waals surface area contributed by atoms with Crippen molar-refractivity contribution in [2.24, 2.45) is 0 Å². The van der Waals surface area contributed by atoms with E-state index in [0.29, 0.717) is 17.3 Å². The molecular weight excluding hydrogens is 334 g/mol. The van der Waals surface area contributed by atoms with E-state index in [1.54, 1.807) is 19.1 Å². The van der Waals surface area contributed by atoms with Gasteiger partial charge in [-0.15, -0.1) is 11.8 Å². The number of rotatable bonds is 4. The molecule has 2 aliphatic heterocycles. The lowest BCUT2D eigenvalue weighted by Gasteiger charge is -2.50. The van der Waals surface area contributed by atoms with Crippen LogP contribution in [0.5, 0.6) is 0 Å². The van der Waals surface area contributed by atoms with Gasteiger partial charge in [0.2, 0.25) is 11.8 Å². The molecule has 0 aromatic carbocycles. The Morgan fingerprint density at radius 3 is 2.83 bits per heavy atom. The van der Waals surface area contributed by atoms with Crippen molar-refractivity contribution in [2.75, 3.05) is 31.2 Å². The smallest absolute Gasteiger partial charge is 0.287 e. The number of hydrogen-bond donors (Lipinski definition) is 3. The van der Waals surface area contributed by atoms with Gasteiger partial charge in [0, 0.05) is 18.8 Å². The topological polar surface area (TPSA) is 112 Å². The standard InChI is InChI=1S/C15H19N3O5S/c1-9-2-3-11(23-9)13(21)17-15(8-19)6-18(7-15)14(22)10-4-24-5-12(20)16-10/h2-3,10,19H,4-8H2,1H3,(H,16,20)(H,17,21)/t10-/m0/s1. The fraction of sp³-hybridized carbons (Fsp3) is 0.533. The van der Waals surface area contributed by atoms with Crippen molar-refractivity contribution in [3.63, 3.8) is 0 Å². The summed E-state index contributed by atoms with van der Waals surface area (Å²) in [5.74, 6) is 0.914. The van der Waals surface area contributed by atoms with Crippen molar-refractivity contribution in [2.45, 2.75) is 18.5 Å². The number of nitrogens with zero attached hydrogens (tertiary/aromatic N) is 1. The van der Waals surface area contributed by atoms with Crippen molar-refractivity contribution < 1.29 is 23.9 Å². The fourth-order valence-electron chi connectivity index (χ4n) is 2.82. The lowest BCUT2D eigenvalue weighted by Crippen LogP contribution is -2.74. The first-order valence-corrected chi connectivity index (χ1v) is 8.74. The van der Waals surface area contributed by atoms with Crippen molar-refractivity contribution in [1.29, 1.82) is 0 Å². The second-order valence-corrected chi connectivity index (χ2v) is 7.16. The lowest BCUT2D eigenvalue weighted by molar-refractivity contribution is -0.144. The number of hydrogen-bond acceptors (Lipinski definition) is 6. The minimum Gasteiger partial charge on any atom is -0.456 e. The molecule has 3 heterocycles. The Morgan fingerprint density at radius 1 is 1.50 bits per heavy atom. The summed E-state index contributed by atoms with van der Waals surface area (Å²) >= 11 is 1.42. The number of furan rings is 1. The van der Waals surface area contributed by atoms with Crippen LogP contribution in [0.2, 0.25) is 0 Å². The summed E-state index contributed by atoms with van der Waals surface area (Å²) in [6, 6.07) is 2.70.